The lowest BCUT2D eigenvalue weighted by Crippen LogP contribution is -2.02. The number of benzene rings is 1. The molecule has 0 atom stereocenters. The van der Waals surface area contributed by atoms with Gasteiger partial charge in [-0.1, -0.05) is 11.6 Å². The molecule has 0 unspecified atom stereocenters. The van der Waals surface area contributed by atoms with Gasteiger partial charge in [0.15, 0.2) is 0 Å². The molecular weight excluding hydrogens is 200 g/mol. The first-order valence-electron chi connectivity index (χ1n) is 4.22. The summed E-state index contributed by atoms with van der Waals surface area (Å²) in [5.41, 5.74) is 0.815. The molecule has 0 heterocycles. The van der Waals surface area contributed by atoms with Gasteiger partial charge in [-0.2, -0.15) is 5.26 Å². The maximum atomic E-state index is 8.38. The third kappa shape index (κ3) is 2.82. The molecule has 0 radical (unpaired) electrons. The fourth-order valence-electron chi connectivity index (χ4n) is 1.07. The van der Waals surface area contributed by atoms with Crippen molar-refractivity contribution in [3.8, 4) is 11.8 Å². The molecule has 1 aromatic rings. The molecule has 1 rings (SSSR count). The predicted molar refractivity (Wildman–Crippen MR) is 56.7 cm³/mol. The van der Waals surface area contributed by atoms with Crippen molar-refractivity contribution in [3.63, 3.8) is 0 Å². The lowest BCUT2D eigenvalue weighted by molar-refractivity contribution is 0.416. The monoisotopic (exact) mass is 210 g/mol. The van der Waals surface area contributed by atoms with Gasteiger partial charge in [0.05, 0.1) is 25.3 Å². The molecule has 0 spiro atoms. The van der Waals surface area contributed by atoms with E-state index >= 15 is 0 Å². The highest BCUT2D eigenvalue weighted by atomic mass is 35.5. The third-order valence-corrected chi connectivity index (χ3v) is 1.95. The van der Waals surface area contributed by atoms with Gasteiger partial charge < -0.3 is 10.1 Å². The van der Waals surface area contributed by atoms with Crippen LogP contribution in [0.4, 0.5) is 5.69 Å². The Balaban J connectivity index is 2.73. The van der Waals surface area contributed by atoms with Crippen LogP contribution < -0.4 is 10.1 Å². The number of ether oxygens (including phenoxy) is 1. The highest BCUT2D eigenvalue weighted by Gasteiger charge is 2.02. The summed E-state index contributed by atoms with van der Waals surface area (Å²) in [7, 11) is 1.60. The van der Waals surface area contributed by atoms with Gasteiger partial charge >= 0.3 is 0 Å². The van der Waals surface area contributed by atoms with Crippen LogP contribution in [0.25, 0.3) is 0 Å². The summed E-state index contributed by atoms with van der Waals surface area (Å²) >= 11 is 5.83. The molecule has 0 saturated heterocycles. The Labute approximate surface area is 88.3 Å². The van der Waals surface area contributed by atoms with Gasteiger partial charge in [-0.15, -0.1) is 0 Å². The zero-order valence-electron chi connectivity index (χ0n) is 7.88. The summed E-state index contributed by atoms with van der Waals surface area (Å²) in [6.45, 7) is 0.590. The van der Waals surface area contributed by atoms with E-state index in [-0.39, 0.29) is 0 Å². The SMILES string of the molecule is COc1ccc(Cl)cc1NCCC#N. The smallest absolute Gasteiger partial charge is 0.142 e. The molecule has 0 saturated carbocycles. The minimum atomic E-state index is 0.454. The van der Waals surface area contributed by atoms with E-state index in [1.54, 1.807) is 25.3 Å². The Morgan fingerprint density at radius 3 is 3.00 bits per heavy atom. The second-order valence-corrected chi connectivity index (χ2v) is 3.12. The molecule has 0 amide bonds. The number of rotatable bonds is 4. The van der Waals surface area contributed by atoms with Gasteiger partial charge in [-0.05, 0) is 18.2 Å². The summed E-state index contributed by atoms with van der Waals surface area (Å²) in [6.07, 6.45) is 0.454. The van der Waals surface area contributed by atoms with Crippen molar-refractivity contribution in [2.24, 2.45) is 0 Å². The summed E-state index contributed by atoms with van der Waals surface area (Å²) < 4.78 is 5.13. The van der Waals surface area contributed by atoms with Crippen molar-refractivity contribution >= 4 is 17.3 Å². The van der Waals surface area contributed by atoms with Crippen LogP contribution in [0.5, 0.6) is 5.75 Å². The van der Waals surface area contributed by atoms with E-state index in [0.717, 1.165) is 11.4 Å². The molecule has 1 N–H and O–H groups in total. The average Bonchev–Trinajstić information content (AvgIpc) is 2.19. The third-order valence-electron chi connectivity index (χ3n) is 1.71. The minimum Gasteiger partial charge on any atom is -0.495 e. The number of hydrogen-bond donors (Lipinski definition) is 1. The van der Waals surface area contributed by atoms with E-state index in [4.69, 9.17) is 21.6 Å². The maximum absolute atomic E-state index is 8.38. The first kappa shape index (κ1) is 10.7. The Kier molecular flexibility index (Phi) is 4.09. The van der Waals surface area contributed by atoms with Crippen LogP contribution >= 0.6 is 11.6 Å². The summed E-state index contributed by atoms with van der Waals surface area (Å²) in [5.74, 6) is 0.729. The Morgan fingerprint density at radius 2 is 2.36 bits per heavy atom. The van der Waals surface area contributed by atoms with Crippen LogP contribution in [0, 0.1) is 11.3 Å². The summed E-state index contributed by atoms with van der Waals surface area (Å²) in [5, 5.41) is 12.1. The Hall–Kier alpha value is -1.40. The van der Waals surface area contributed by atoms with Crippen LogP contribution in [0.15, 0.2) is 18.2 Å². The number of anilines is 1. The number of nitrogens with one attached hydrogen (secondary N) is 1. The molecule has 0 fully saturated rings. The maximum Gasteiger partial charge on any atom is 0.142 e. The second-order valence-electron chi connectivity index (χ2n) is 2.68. The van der Waals surface area contributed by atoms with Gasteiger partial charge in [0.25, 0.3) is 0 Å². The minimum absolute atomic E-state index is 0.454. The van der Waals surface area contributed by atoms with Crippen LogP contribution in [-0.2, 0) is 0 Å². The van der Waals surface area contributed by atoms with E-state index in [0.29, 0.717) is 18.0 Å². The van der Waals surface area contributed by atoms with Gasteiger partial charge in [0.2, 0.25) is 0 Å². The van der Waals surface area contributed by atoms with Gasteiger partial charge in [-0.3, -0.25) is 0 Å². The number of halogens is 1. The first-order valence-corrected chi connectivity index (χ1v) is 4.60. The van der Waals surface area contributed by atoms with Gasteiger partial charge in [0.1, 0.15) is 5.75 Å². The zero-order valence-corrected chi connectivity index (χ0v) is 8.64. The van der Waals surface area contributed by atoms with Gasteiger partial charge in [-0.25, -0.2) is 0 Å². The molecule has 14 heavy (non-hydrogen) atoms. The fourth-order valence-corrected chi connectivity index (χ4v) is 1.24. The topological polar surface area (TPSA) is 45.0 Å². The van der Waals surface area contributed by atoms with Crippen molar-refractivity contribution in [2.75, 3.05) is 19.0 Å². The summed E-state index contributed by atoms with van der Waals surface area (Å²) in [4.78, 5) is 0. The molecular formula is C10H11ClN2O. The molecule has 0 aliphatic carbocycles. The lowest BCUT2D eigenvalue weighted by Gasteiger charge is -2.09. The lowest BCUT2D eigenvalue weighted by atomic mass is 10.3. The highest BCUT2D eigenvalue weighted by molar-refractivity contribution is 6.30. The van der Waals surface area contributed by atoms with Crippen LogP contribution in [0.2, 0.25) is 5.02 Å². The van der Waals surface area contributed by atoms with Crippen molar-refractivity contribution in [1.82, 2.24) is 0 Å². The van der Waals surface area contributed by atoms with Crippen LogP contribution in [-0.4, -0.2) is 13.7 Å². The standard InChI is InChI=1S/C10H11ClN2O/c1-14-10-4-3-8(11)7-9(10)13-6-2-5-12/h3-4,7,13H,2,6H2,1H3. The van der Waals surface area contributed by atoms with E-state index in [9.17, 15) is 0 Å². The molecule has 0 aliphatic rings. The number of methoxy groups -OCH3 is 1. The van der Waals surface area contributed by atoms with Crippen LogP contribution in [0.1, 0.15) is 6.42 Å². The highest BCUT2D eigenvalue weighted by Crippen LogP contribution is 2.27. The zero-order chi connectivity index (χ0) is 10.4. The van der Waals surface area contributed by atoms with Crippen molar-refractivity contribution in [2.45, 2.75) is 6.42 Å². The van der Waals surface area contributed by atoms with Crippen molar-refractivity contribution in [1.29, 1.82) is 5.26 Å². The quantitative estimate of drug-likeness (QED) is 0.778. The summed E-state index contributed by atoms with van der Waals surface area (Å²) in [6, 6.07) is 7.38. The van der Waals surface area contributed by atoms with E-state index in [1.807, 2.05) is 0 Å². The molecule has 0 aromatic heterocycles. The Morgan fingerprint density at radius 1 is 1.57 bits per heavy atom. The van der Waals surface area contributed by atoms with E-state index in [1.165, 1.54) is 0 Å². The number of hydrogen-bond acceptors (Lipinski definition) is 3. The van der Waals surface area contributed by atoms with E-state index < -0.39 is 0 Å². The number of nitrogens with zero attached hydrogens (tertiary/aromatic N) is 1. The average molecular weight is 211 g/mol. The van der Waals surface area contributed by atoms with Crippen LogP contribution in [0.3, 0.4) is 0 Å². The molecule has 0 bridgehead atoms. The molecule has 3 nitrogen and oxygen atoms in total. The molecule has 1 aromatic carbocycles. The largest absolute Gasteiger partial charge is 0.495 e. The van der Waals surface area contributed by atoms with Crippen molar-refractivity contribution < 1.29 is 4.74 Å². The predicted octanol–water partition coefficient (Wildman–Crippen LogP) is 2.67. The normalized spacial score (nSPS) is 9.21. The van der Waals surface area contributed by atoms with Crippen molar-refractivity contribution in [3.05, 3.63) is 23.2 Å². The molecule has 4 heteroatoms. The second kappa shape index (κ2) is 5.36. The molecule has 74 valence electrons. The first-order chi connectivity index (χ1) is 6.77. The Bertz CT molecular complexity index is 346. The van der Waals surface area contributed by atoms with E-state index in [2.05, 4.69) is 11.4 Å². The number of nitriles is 1. The fraction of sp³-hybridized carbons (Fsp3) is 0.300. The molecule has 0 aliphatic heterocycles. The van der Waals surface area contributed by atoms with Gasteiger partial charge in [0, 0.05) is 11.6 Å².